The number of nitrogens with two attached hydrogens (primary N) is 4. The molecule has 0 aliphatic heterocycles. The lowest BCUT2D eigenvalue weighted by Gasteiger charge is -2.31. The topological polar surface area (TPSA) is 104 Å². The largest absolute Gasteiger partial charge is 0.398 e. The lowest BCUT2D eigenvalue weighted by molar-refractivity contribution is 0.469. The van der Waals surface area contributed by atoms with Gasteiger partial charge in [-0.2, -0.15) is 0 Å². The van der Waals surface area contributed by atoms with Crippen LogP contribution in [0.15, 0.2) is 54.6 Å². The number of rotatable bonds is 1. The molecule has 0 heterocycles. The maximum Gasteiger partial charge on any atom is 0.0961 e. The van der Waals surface area contributed by atoms with Crippen molar-refractivity contribution >= 4 is 28.2 Å². The Morgan fingerprint density at radius 2 is 1.42 bits per heavy atom. The van der Waals surface area contributed by atoms with Crippen molar-refractivity contribution in [1.82, 2.24) is 0 Å². The zero-order valence-corrected chi connectivity index (χ0v) is 13.3. The van der Waals surface area contributed by atoms with Gasteiger partial charge in [0.25, 0.3) is 0 Å². The third kappa shape index (κ3) is 2.08. The van der Waals surface area contributed by atoms with E-state index in [0.29, 0.717) is 12.1 Å². The lowest BCUT2D eigenvalue weighted by atomic mass is 9.82. The quantitative estimate of drug-likeness (QED) is 0.409. The predicted octanol–water partition coefficient (Wildman–Crippen LogP) is 3.16. The molecular formula is C20H20N4. The Kier molecular flexibility index (Phi) is 3.13. The Hall–Kier alpha value is -2.82. The van der Waals surface area contributed by atoms with Crippen LogP contribution in [0.3, 0.4) is 0 Å². The summed E-state index contributed by atoms with van der Waals surface area (Å²) >= 11 is 0. The number of benzene rings is 3. The van der Waals surface area contributed by atoms with Gasteiger partial charge in [-0.3, -0.25) is 0 Å². The molecule has 3 aromatic rings. The summed E-state index contributed by atoms with van der Waals surface area (Å²) in [5, 5.41) is 2.13. The zero-order valence-electron chi connectivity index (χ0n) is 13.3. The minimum atomic E-state index is -0.951. The molecule has 24 heavy (non-hydrogen) atoms. The van der Waals surface area contributed by atoms with Crippen molar-refractivity contribution in [1.29, 1.82) is 0 Å². The molecular weight excluding hydrogens is 296 g/mol. The average Bonchev–Trinajstić information content (AvgIpc) is 2.56. The number of fused-ring (bicyclic) bond motifs is 2. The molecule has 4 heteroatoms. The highest BCUT2D eigenvalue weighted by Crippen LogP contribution is 2.41. The molecule has 0 radical (unpaired) electrons. The highest BCUT2D eigenvalue weighted by atomic mass is 15.0. The lowest BCUT2D eigenvalue weighted by Crippen LogP contribution is -2.47. The molecule has 4 rings (SSSR count). The molecule has 0 saturated carbocycles. The fraction of sp³-hybridized carbons (Fsp3) is 0.100. The zero-order chi connectivity index (χ0) is 16.9. The van der Waals surface area contributed by atoms with E-state index < -0.39 is 5.66 Å². The number of hydrogen-bond donors (Lipinski definition) is 4. The second-order valence-corrected chi connectivity index (χ2v) is 6.39. The Balaban J connectivity index is 2.08. The minimum absolute atomic E-state index is 0.566. The summed E-state index contributed by atoms with van der Waals surface area (Å²) in [4.78, 5) is 0. The van der Waals surface area contributed by atoms with Gasteiger partial charge in [0.15, 0.2) is 0 Å². The van der Waals surface area contributed by atoms with Crippen molar-refractivity contribution in [3.63, 3.8) is 0 Å². The second kappa shape index (κ2) is 5.09. The standard InChI is InChI=1S/C20H20N4/c21-17-9-7-13(12-4-1-2-5-15(12)17)14-8-10-18(22)19-16(14)6-3-11-20(19,23)24/h1-10H,11,21-24H2. The van der Waals surface area contributed by atoms with Crippen LogP contribution in [0.1, 0.15) is 17.5 Å². The van der Waals surface area contributed by atoms with Crippen LogP contribution in [0.5, 0.6) is 0 Å². The highest BCUT2D eigenvalue weighted by molar-refractivity contribution is 6.04. The normalized spacial score (nSPS) is 15.4. The first-order chi connectivity index (χ1) is 11.5. The van der Waals surface area contributed by atoms with Gasteiger partial charge in [0.2, 0.25) is 0 Å². The molecule has 0 unspecified atom stereocenters. The molecule has 0 saturated heterocycles. The molecule has 1 aliphatic carbocycles. The van der Waals surface area contributed by atoms with E-state index in [-0.39, 0.29) is 0 Å². The van der Waals surface area contributed by atoms with Crippen LogP contribution in [0.2, 0.25) is 0 Å². The molecule has 1 aliphatic rings. The number of hydrogen-bond acceptors (Lipinski definition) is 4. The molecule has 120 valence electrons. The molecule has 0 atom stereocenters. The van der Waals surface area contributed by atoms with E-state index in [0.717, 1.165) is 38.7 Å². The summed E-state index contributed by atoms with van der Waals surface area (Å²) in [5.74, 6) is 0. The van der Waals surface area contributed by atoms with Crippen LogP contribution in [0, 0.1) is 0 Å². The van der Waals surface area contributed by atoms with Crippen LogP contribution in [0.4, 0.5) is 11.4 Å². The molecule has 0 bridgehead atoms. The van der Waals surface area contributed by atoms with Gasteiger partial charge in [0, 0.05) is 28.7 Å². The Labute approximate surface area is 140 Å². The summed E-state index contributed by atoms with van der Waals surface area (Å²) in [6, 6.07) is 16.0. The summed E-state index contributed by atoms with van der Waals surface area (Å²) in [5.41, 5.74) is 29.3. The monoisotopic (exact) mass is 316 g/mol. The van der Waals surface area contributed by atoms with Crippen LogP contribution in [-0.2, 0) is 5.66 Å². The van der Waals surface area contributed by atoms with Crippen molar-refractivity contribution in [2.24, 2.45) is 11.5 Å². The van der Waals surface area contributed by atoms with E-state index >= 15 is 0 Å². The van der Waals surface area contributed by atoms with E-state index in [9.17, 15) is 0 Å². The van der Waals surface area contributed by atoms with E-state index in [1.807, 2.05) is 48.5 Å². The number of nitrogen functional groups attached to an aromatic ring is 2. The SMILES string of the molecule is Nc1ccc(-c2ccc(N)c3ccccc23)c2c1C(N)(N)CC=C2. The van der Waals surface area contributed by atoms with Gasteiger partial charge >= 0.3 is 0 Å². The molecule has 4 nitrogen and oxygen atoms in total. The fourth-order valence-corrected chi connectivity index (χ4v) is 3.59. The van der Waals surface area contributed by atoms with Crippen molar-refractivity contribution in [2.45, 2.75) is 12.1 Å². The summed E-state index contributed by atoms with van der Waals surface area (Å²) in [6.07, 6.45) is 4.63. The van der Waals surface area contributed by atoms with Crippen molar-refractivity contribution < 1.29 is 0 Å². The van der Waals surface area contributed by atoms with Crippen molar-refractivity contribution in [2.75, 3.05) is 11.5 Å². The Morgan fingerprint density at radius 1 is 0.750 bits per heavy atom. The average molecular weight is 316 g/mol. The van der Waals surface area contributed by atoms with Crippen molar-refractivity contribution in [3.05, 3.63) is 65.7 Å². The van der Waals surface area contributed by atoms with E-state index in [2.05, 4.69) is 12.1 Å². The van der Waals surface area contributed by atoms with E-state index in [1.165, 1.54) is 0 Å². The summed E-state index contributed by atoms with van der Waals surface area (Å²) in [6.45, 7) is 0. The molecule has 0 fully saturated rings. The van der Waals surface area contributed by atoms with Gasteiger partial charge in [0.1, 0.15) is 0 Å². The van der Waals surface area contributed by atoms with Crippen LogP contribution < -0.4 is 22.9 Å². The Bertz CT molecular complexity index is 986. The van der Waals surface area contributed by atoms with Crippen LogP contribution in [0.25, 0.3) is 28.0 Å². The fourth-order valence-electron chi connectivity index (χ4n) is 3.59. The maximum atomic E-state index is 6.30. The van der Waals surface area contributed by atoms with Gasteiger partial charge in [-0.25, -0.2) is 0 Å². The van der Waals surface area contributed by atoms with E-state index in [4.69, 9.17) is 22.9 Å². The van der Waals surface area contributed by atoms with E-state index in [1.54, 1.807) is 0 Å². The minimum Gasteiger partial charge on any atom is -0.398 e. The molecule has 0 amide bonds. The summed E-state index contributed by atoms with van der Waals surface area (Å²) < 4.78 is 0. The van der Waals surface area contributed by atoms with Crippen LogP contribution >= 0.6 is 0 Å². The van der Waals surface area contributed by atoms with Gasteiger partial charge in [0.05, 0.1) is 5.66 Å². The first kappa shape index (κ1) is 14.8. The molecule has 3 aromatic carbocycles. The predicted molar refractivity (Wildman–Crippen MR) is 102 cm³/mol. The number of anilines is 2. The maximum absolute atomic E-state index is 6.30. The van der Waals surface area contributed by atoms with Gasteiger partial charge in [-0.1, -0.05) is 48.6 Å². The first-order valence-corrected chi connectivity index (χ1v) is 7.94. The highest BCUT2D eigenvalue weighted by Gasteiger charge is 2.30. The van der Waals surface area contributed by atoms with Crippen LogP contribution in [-0.4, -0.2) is 0 Å². The van der Waals surface area contributed by atoms with Gasteiger partial charge in [-0.05, 0) is 34.2 Å². The molecule has 8 N–H and O–H groups in total. The first-order valence-electron chi connectivity index (χ1n) is 7.94. The molecule has 0 spiro atoms. The Morgan fingerprint density at radius 3 is 2.21 bits per heavy atom. The summed E-state index contributed by atoms with van der Waals surface area (Å²) in [7, 11) is 0. The van der Waals surface area contributed by atoms with Gasteiger partial charge in [-0.15, -0.1) is 0 Å². The second-order valence-electron chi connectivity index (χ2n) is 6.39. The van der Waals surface area contributed by atoms with Crippen molar-refractivity contribution in [3.8, 4) is 11.1 Å². The van der Waals surface area contributed by atoms with Gasteiger partial charge < -0.3 is 22.9 Å². The molecule has 0 aromatic heterocycles. The third-order valence-corrected chi connectivity index (χ3v) is 4.73. The third-order valence-electron chi connectivity index (χ3n) is 4.73. The smallest absolute Gasteiger partial charge is 0.0961 e.